The predicted octanol–water partition coefficient (Wildman–Crippen LogP) is 2.50. The first-order valence-corrected chi connectivity index (χ1v) is 7.03. The predicted molar refractivity (Wildman–Crippen MR) is 81.1 cm³/mol. The summed E-state index contributed by atoms with van der Waals surface area (Å²) in [6, 6.07) is 5.97. The number of nitro benzene ring substituents is 1. The number of non-ortho nitro benzene ring substituents is 1. The van der Waals surface area contributed by atoms with Gasteiger partial charge in [-0.05, 0) is 25.8 Å². The molecular weight excluding hydrogens is 286 g/mol. The Balaban J connectivity index is 2.24. The van der Waals surface area contributed by atoms with E-state index in [1.165, 1.54) is 6.07 Å². The van der Waals surface area contributed by atoms with Gasteiger partial charge in [-0.1, -0.05) is 12.1 Å². The number of nitro groups is 1. The summed E-state index contributed by atoms with van der Waals surface area (Å²) in [6.07, 6.45) is 1.36. The van der Waals surface area contributed by atoms with Crippen molar-refractivity contribution in [3.63, 3.8) is 0 Å². The van der Waals surface area contributed by atoms with E-state index in [0.717, 1.165) is 6.42 Å². The largest absolute Gasteiger partial charge is 0.480 e. The maximum absolute atomic E-state index is 11.4. The summed E-state index contributed by atoms with van der Waals surface area (Å²) in [5.74, 6) is -0.870. The molecule has 7 heteroatoms. The van der Waals surface area contributed by atoms with Gasteiger partial charge in [-0.25, -0.2) is 9.78 Å². The highest BCUT2D eigenvalue weighted by atomic mass is 16.6. The molecule has 1 aliphatic rings. The second-order valence-corrected chi connectivity index (χ2v) is 5.40. The molecule has 1 atom stereocenters. The first kappa shape index (κ1) is 14.2. The molecule has 7 nitrogen and oxygen atoms in total. The van der Waals surface area contributed by atoms with Crippen molar-refractivity contribution >= 4 is 28.2 Å². The van der Waals surface area contributed by atoms with Crippen molar-refractivity contribution in [1.82, 2.24) is 4.98 Å². The zero-order valence-electron chi connectivity index (χ0n) is 12.0. The number of benzene rings is 1. The number of carboxylic acid groups (broad SMARTS) is 1. The van der Waals surface area contributed by atoms with E-state index < -0.39 is 16.9 Å². The van der Waals surface area contributed by atoms with Crippen LogP contribution in [0, 0.1) is 17.0 Å². The summed E-state index contributed by atoms with van der Waals surface area (Å²) >= 11 is 0. The van der Waals surface area contributed by atoms with E-state index in [1.807, 2.05) is 4.90 Å². The molecule has 1 fully saturated rings. The zero-order valence-corrected chi connectivity index (χ0v) is 12.0. The molecule has 3 rings (SSSR count). The topological polar surface area (TPSA) is 96.6 Å². The van der Waals surface area contributed by atoms with Crippen molar-refractivity contribution in [2.75, 3.05) is 11.4 Å². The molecular formula is C15H15N3O4. The van der Waals surface area contributed by atoms with Gasteiger partial charge < -0.3 is 10.0 Å². The SMILES string of the molecule is Cc1cc(N2CCCC2C(=O)O)c2cccc([N+](=O)[O-])c2n1. The van der Waals surface area contributed by atoms with Gasteiger partial charge in [-0.3, -0.25) is 10.1 Å². The minimum Gasteiger partial charge on any atom is -0.480 e. The number of hydrogen-bond acceptors (Lipinski definition) is 5. The lowest BCUT2D eigenvalue weighted by Crippen LogP contribution is -2.36. The number of carbonyl (C=O) groups is 1. The number of carboxylic acids is 1. The molecule has 0 spiro atoms. The molecule has 1 unspecified atom stereocenters. The normalized spacial score (nSPS) is 17.9. The Morgan fingerprint density at radius 2 is 2.27 bits per heavy atom. The Kier molecular flexibility index (Phi) is 3.40. The number of fused-ring (bicyclic) bond motifs is 1. The van der Waals surface area contributed by atoms with Crippen LogP contribution in [0.25, 0.3) is 10.9 Å². The summed E-state index contributed by atoms with van der Waals surface area (Å²) in [6.45, 7) is 2.38. The van der Waals surface area contributed by atoms with E-state index in [2.05, 4.69) is 4.98 Å². The maximum atomic E-state index is 11.4. The van der Waals surface area contributed by atoms with Crippen LogP contribution in [-0.4, -0.2) is 33.6 Å². The molecule has 0 amide bonds. The highest BCUT2D eigenvalue weighted by Crippen LogP contribution is 2.35. The monoisotopic (exact) mass is 301 g/mol. The van der Waals surface area contributed by atoms with Gasteiger partial charge in [0.15, 0.2) is 5.52 Å². The highest BCUT2D eigenvalue weighted by molar-refractivity contribution is 5.98. The Bertz CT molecular complexity index is 775. The van der Waals surface area contributed by atoms with Crippen LogP contribution in [0.3, 0.4) is 0 Å². The number of rotatable bonds is 3. The van der Waals surface area contributed by atoms with Crippen molar-refractivity contribution in [2.24, 2.45) is 0 Å². The van der Waals surface area contributed by atoms with E-state index in [1.54, 1.807) is 25.1 Å². The average molecular weight is 301 g/mol. The van der Waals surface area contributed by atoms with E-state index in [0.29, 0.717) is 35.2 Å². The number of hydrogen-bond donors (Lipinski definition) is 1. The van der Waals surface area contributed by atoms with E-state index in [-0.39, 0.29) is 5.69 Å². The van der Waals surface area contributed by atoms with Gasteiger partial charge >= 0.3 is 5.97 Å². The van der Waals surface area contributed by atoms with Gasteiger partial charge in [0.05, 0.1) is 4.92 Å². The molecule has 1 aromatic carbocycles. The standard InChI is InChI=1S/C15H15N3O4/c1-9-8-13(17-7-3-6-12(17)15(19)20)10-4-2-5-11(18(21)22)14(10)16-9/h2,4-5,8,12H,3,6-7H2,1H3,(H,19,20). The van der Waals surface area contributed by atoms with Crippen molar-refractivity contribution < 1.29 is 14.8 Å². The summed E-state index contributed by atoms with van der Waals surface area (Å²) in [5.41, 5.74) is 1.58. The summed E-state index contributed by atoms with van der Waals surface area (Å²) < 4.78 is 0. The Morgan fingerprint density at radius 1 is 1.50 bits per heavy atom. The molecule has 0 saturated carbocycles. The lowest BCUT2D eigenvalue weighted by atomic mass is 10.1. The van der Waals surface area contributed by atoms with Crippen molar-refractivity contribution in [2.45, 2.75) is 25.8 Å². The van der Waals surface area contributed by atoms with E-state index in [9.17, 15) is 20.0 Å². The van der Waals surface area contributed by atoms with Crippen LogP contribution < -0.4 is 4.90 Å². The fourth-order valence-corrected chi connectivity index (χ4v) is 3.04. The number of aliphatic carboxylic acids is 1. The number of anilines is 1. The van der Waals surface area contributed by atoms with E-state index in [4.69, 9.17) is 0 Å². The van der Waals surface area contributed by atoms with Crippen LogP contribution >= 0.6 is 0 Å². The van der Waals surface area contributed by atoms with Gasteiger partial charge in [0.1, 0.15) is 6.04 Å². The van der Waals surface area contributed by atoms with Crippen LogP contribution in [0.5, 0.6) is 0 Å². The molecule has 1 aliphatic heterocycles. The van der Waals surface area contributed by atoms with Crippen LogP contribution in [0.15, 0.2) is 24.3 Å². The van der Waals surface area contributed by atoms with Crippen molar-refractivity contribution in [3.05, 3.63) is 40.1 Å². The van der Waals surface area contributed by atoms with Gasteiger partial charge in [0.25, 0.3) is 5.69 Å². The van der Waals surface area contributed by atoms with Crippen molar-refractivity contribution in [1.29, 1.82) is 0 Å². The van der Waals surface area contributed by atoms with Crippen LogP contribution in [0.2, 0.25) is 0 Å². The molecule has 1 aromatic heterocycles. The van der Waals surface area contributed by atoms with Crippen LogP contribution in [0.4, 0.5) is 11.4 Å². The molecule has 2 aromatic rings. The number of aromatic nitrogens is 1. The van der Waals surface area contributed by atoms with Crippen LogP contribution in [0.1, 0.15) is 18.5 Å². The van der Waals surface area contributed by atoms with Crippen molar-refractivity contribution in [3.8, 4) is 0 Å². The average Bonchev–Trinajstić information content (AvgIpc) is 2.95. The molecule has 22 heavy (non-hydrogen) atoms. The number of pyridine rings is 1. The van der Waals surface area contributed by atoms with Crippen LogP contribution in [-0.2, 0) is 4.79 Å². The zero-order chi connectivity index (χ0) is 15.9. The first-order chi connectivity index (χ1) is 10.5. The summed E-state index contributed by atoms with van der Waals surface area (Å²) in [4.78, 5) is 28.2. The maximum Gasteiger partial charge on any atom is 0.326 e. The van der Waals surface area contributed by atoms with E-state index >= 15 is 0 Å². The third-order valence-electron chi connectivity index (χ3n) is 3.97. The minimum absolute atomic E-state index is 0.0616. The second kappa shape index (κ2) is 5.25. The molecule has 0 aliphatic carbocycles. The lowest BCUT2D eigenvalue weighted by Gasteiger charge is -2.25. The molecule has 1 N–H and O–H groups in total. The second-order valence-electron chi connectivity index (χ2n) is 5.40. The Morgan fingerprint density at radius 3 is 2.95 bits per heavy atom. The third kappa shape index (κ3) is 2.24. The lowest BCUT2D eigenvalue weighted by molar-refractivity contribution is -0.383. The fraction of sp³-hybridized carbons (Fsp3) is 0.333. The molecule has 0 radical (unpaired) electrons. The first-order valence-electron chi connectivity index (χ1n) is 7.03. The minimum atomic E-state index is -0.870. The summed E-state index contributed by atoms with van der Waals surface area (Å²) in [5, 5.41) is 21.2. The highest BCUT2D eigenvalue weighted by Gasteiger charge is 2.32. The molecule has 1 saturated heterocycles. The molecule has 114 valence electrons. The van der Waals surface area contributed by atoms with Gasteiger partial charge in [-0.15, -0.1) is 0 Å². The van der Waals surface area contributed by atoms with Gasteiger partial charge in [0.2, 0.25) is 0 Å². The number of aryl methyl sites for hydroxylation is 1. The third-order valence-corrected chi connectivity index (χ3v) is 3.97. The number of nitrogens with zero attached hydrogens (tertiary/aromatic N) is 3. The molecule has 2 heterocycles. The Labute approximate surface area is 126 Å². The summed E-state index contributed by atoms with van der Waals surface area (Å²) in [7, 11) is 0. The Hall–Kier alpha value is -2.70. The van der Waals surface area contributed by atoms with Gasteiger partial charge in [0, 0.05) is 29.4 Å². The fourth-order valence-electron chi connectivity index (χ4n) is 3.04. The smallest absolute Gasteiger partial charge is 0.326 e. The van der Waals surface area contributed by atoms with Gasteiger partial charge in [-0.2, -0.15) is 0 Å². The molecule has 0 bridgehead atoms. The quantitative estimate of drug-likeness (QED) is 0.691. The number of para-hydroxylation sites is 1.